The molecule has 0 saturated heterocycles. The van der Waals surface area contributed by atoms with Crippen molar-refractivity contribution in [3.8, 4) is 0 Å². The summed E-state index contributed by atoms with van der Waals surface area (Å²) in [7, 11) is 0. The number of rotatable bonds is 22. The lowest BCUT2D eigenvalue weighted by Crippen LogP contribution is -2.13. The van der Waals surface area contributed by atoms with Crippen molar-refractivity contribution in [1.82, 2.24) is 0 Å². The molecule has 0 heterocycles. The van der Waals surface area contributed by atoms with Gasteiger partial charge in [-0.05, 0) is 6.42 Å². The van der Waals surface area contributed by atoms with E-state index in [2.05, 4.69) is 6.92 Å². The third kappa shape index (κ3) is 23.6. The fraction of sp³-hybridized carbons (Fsp3) is 0.955. The highest BCUT2D eigenvalue weighted by molar-refractivity contribution is 6.17. The van der Waals surface area contributed by atoms with E-state index in [1.54, 1.807) is 0 Å². The van der Waals surface area contributed by atoms with E-state index in [-0.39, 0.29) is 5.97 Å². The number of esters is 1. The molecule has 0 aromatic heterocycles. The first-order valence-corrected chi connectivity index (χ1v) is 11.7. The van der Waals surface area contributed by atoms with Gasteiger partial charge in [0.2, 0.25) is 0 Å². The zero-order valence-corrected chi connectivity index (χ0v) is 18.4. The Morgan fingerprint density at radius 1 is 0.630 bits per heavy atom. The molecule has 0 bridgehead atoms. The van der Waals surface area contributed by atoms with E-state index in [1.165, 1.54) is 70.6 Å². The molecular weight excluding hydrogens is 364 g/mol. The van der Waals surface area contributed by atoms with Gasteiger partial charge in [-0.25, -0.2) is 0 Å². The van der Waals surface area contributed by atoms with Crippen LogP contribution in [0.15, 0.2) is 0 Å². The molecule has 27 heavy (non-hydrogen) atoms. The average molecular weight is 407 g/mol. The monoisotopic (exact) mass is 406 g/mol. The molecule has 0 aliphatic carbocycles. The van der Waals surface area contributed by atoms with Gasteiger partial charge in [-0.1, -0.05) is 84.0 Å². The first-order valence-electron chi connectivity index (χ1n) is 11.2. The highest BCUT2D eigenvalue weighted by atomic mass is 35.5. The molecule has 0 aromatic rings. The molecule has 4 nitrogen and oxygen atoms in total. The SMILES string of the molecule is CCCCCCCCCCCCCCCC(=O)OCCOCCOCCCl. The topological polar surface area (TPSA) is 44.8 Å². The highest BCUT2D eigenvalue weighted by Crippen LogP contribution is 2.13. The normalized spacial score (nSPS) is 11.0. The average Bonchev–Trinajstić information content (AvgIpc) is 2.67. The van der Waals surface area contributed by atoms with Crippen LogP contribution in [-0.4, -0.2) is 44.9 Å². The van der Waals surface area contributed by atoms with Crippen molar-refractivity contribution in [3.05, 3.63) is 0 Å². The van der Waals surface area contributed by atoms with Crippen LogP contribution in [0.3, 0.4) is 0 Å². The number of carbonyl (C=O) groups excluding carboxylic acids is 1. The second kappa shape index (κ2) is 23.7. The summed E-state index contributed by atoms with van der Waals surface area (Å²) < 4.78 is 15.6. The number of ether oxygens (including phenoxy) is 3. The van der Waals surface area contributed by atoms with Gasteiger partial charge in [-0.3, -0.25) is 4.79 Å². The summed E-state index contributed by atoms with van der Waals surface area (Å²) in [5, 5.41) is 0. The van der Waals surface area contributed by atoms with Crippen molar-refractivity contribution in [2.75, 3.05) is 38.9 Å². The number of unbranched alkanes of at least 4 members (excludes halogenated alkanes) is 12. The Hall–Kier alpha value is -0.320. The molecule has 0 saturated carbocycles. The van der Waals surface area contributed by atoms with E-state index < -0.39 is 0 Å². The number of carbonyl (C=O) groups is 1. The van der Waals surface area contributed by atoms with Crippen LogP contribution in [0.1, 0.15) is 96.8 Å². The quantitative estimate of drug-likeness (QED) is 0.120. The summed E-state index contributed by atoms with van der Waals surface area (Å²) in [4.78, 5) is 11.6. The minimum absolute atomic E-state index is 0.111. The largest absolute Gasteiger partial charge is 0.463 e. The van der Waals surface area contributed by atoms with Gasteiger partial charge < -0.3 is 14.2 Å². The van der Waals surface area contributed by atoms with Crippen LogP contribution in [-0.2, 0) is 19.0 Å². The standard InChI is InChI=1S/C22H43ClO4/c1-2-3-4-5-6-7-8-9-10-11-12-13-14-15-22(24)27-21-20-26-19-18-25-17-16-23/h2-21H2,1H3. The Balaban J connectivity index is 3.12. The van der Waals surface area contributed by atoms with Crippen LogP contribution < -0.4 is 0 Å². The minimum Gasteiger partial charge on any atom is -0.463 e. The molecule has 0 amide bonds. The molecule has 0 unspecified atom stereocenters. The second-order valence-corrected chi connectivity index (χ2v) is 7.50. The third-order valence-corrected chi connectivity index (χ3v) is 4.72. The number of hydrogen-bond acceptors (Lipinski definition) is 4. The van der Waals surface area contributed by atoms with Crippen LogP contribution >= 0.6 is 11.6 Å². The fourth-order valence-corrected chi connectivity index (χ4v) is 3.06. The maximum absolute atomic E-state index is 11.6. The van der Waals surface area contributed by atoms with Crippen molar-refractivity contribution in [1.29, 1.82) is 0 Å². The van der Waals surface area contributed by atoms with Crippen molar-refractivity contribution in [3.63, 3.8) is 0 Å². The van der Waals surface area contributed by atoms with Crippen molar-refractivity contribution in [2.45, 2.75) is 96.8 Å². The predicted octanol–water partition coefficient (Wildman–Crippen LogP) is 6.28. The van der Waals surface area contributed by atoms with Gasteiger partial charge in [0, 0.05) is 12.3 Å². The zero-order valence-electron chi connectivity index (χ0n) is 17.7. The maximum atomic E-state index is 11.6. The van der Waals surface area contributed by atoms with E-state index in [0.717, 1.165) is 12.8 Å². The molecule has 0 aliphatic rings. The summed E-state index contributed by atoms with van der Waals surface area (Å²) in [6.07, 6.45) is 17.6. The molecule has 0 rings (SSSR count). The molecule has 0 fully saturated rings. The lowest BCUT2D eigenvalue weighted by atomic mass is 10.0. The van der Waals surface area contributed by atoms with Crippen molar-refractivity contribution >= 4 is 17.6 Å². The van der Waals surface area contributed by atoms with Crippen molar-refractivity contribution < 1.29 is 19.0 Å². The molecule has 5 heteroatoms. The Labute approximate surface area is 172 Å². The first kappa shape index (κ1) is 26.7. The maximum Gasteiger partial charge on any atom is 0.305 e. The second-order valence-electron chi connectivity index (χ2n) is 7.13. The molecule has 162 valence electrons. The zero-order chi connectivity index (χ0) is 19.8. The molecule has 0 spiro atoms. The molecule has 0 aliphatic heterocycles. The van der Waals surface area contributed by atoms with E-state index >= 15 is 0 Å². The summed E-state index contributed by atoms with van der Waals surface area (Å²) in [5.41, 5.74) is 0. The van der Waals surface area contributed by atoms with Gasteiger partial charge in [-0.2, -0.15) is 0 Å². The molecule has 0 N–H and O–H groups in total. The van der Waals surface area contributed by atoms with Gasteiger partial charge >= 0.3 is 5.97 Å². The minimum atomic E-state index is -0.111. The number of alkyl halides is 1. The van der Waals surface area contributed by atoms with Crippen LogP contribution in [0.25, 0.3) is 0 Å². The Morgan fingerprint density at radius 2 is 1.07 bits per heavy atom. The molecule has 0 atom stereocenters. The van der Waals surface area contributed by atoms with Crippen LogP contribution in [0, 0.1) is 0 Å². The predicted molar refractivity (Wildman–Crippen MR) is 114 cm³/mol. The summed E-state index contributed by atoms with van der Waals surface area (Å²) in [5.74, 6) is 0.386. The number of hydrogen-bond donors (Lipinski definition) is 0. The molecule has 0 radical (unpaired) electrons. The van der Waals surface area contributed by atoms with E-state index in [0.29, 0.717) is 45.3 Å². The Kier molecular flexibility index (Phi) is 23.4. The lowest BCUT2D eigenvalue weighted by Gasteiger charge is -2.06. The van der Waals surface area contributed by atoms with Crippen LogP contribution in [0.5, 0.6) is 0 Å². The summed E-state index contributed by atoms with van der Waals surface area (Å²) >= 11 is 5.49. The van der Waals surface area contributed by atoms with Crippen molar-refractivity contribution in [2.24, 2.45) is 0 Å². The van der Waals surface area contributed by atoms with Crippen LogP contribution in [0.4, 0.5) is 0 Å². The van der Waals surface area contributed by atoms with Gasteiger partial charge in [0.1, 0.15) is 6.61 Å². The number of halogens is 1. The van der Waals surface area contributed by atoms with E-state index in [9.17, 15) is 4.79 Å². The molecular formula is C22H43ClO4. The fourth-order valence-electron chi connectivity index (χ4n) is 2.95. The van der Waals surface area contributed by atoms with Gasteiger partial charge in [0.05, 0.1) is 26.4 Å². The Bertz CT molecular complexity index is 300. The lowest BCUT2D eigenvalue weighted by molar-refractivity contribution is -0.145. The smallest absolute Gasteiger partial charge is 0.305 e. The summed E-state index contributed by atoms with van der Waals surface area (Å²) in [6, 6.07) is 0. The van der Waals surface area contributed by atoms with E-state index in [1.807, 2.05) is 0 Å². The first-order chi connectivity index (χ1) is 13.3. The van der Waals surface area contributed by atoms with Gasteiger partial charge in [0.15, 0.2) is 0 Å². The summed E-state index contributed by atoms with van der Waals surface area (Å²) in [6.45, 7) is 4.59. The Morgan fingerprint density at radius 3 is 1.59 bits per heavy atom. The van der Waals surface area contributed by atoms with Crippen LogP contribution in [0.2, 0.25) is 0 Å². The molecule has 0 aromatic carbocycles. The highest BCUT2D eigenvalue weighted by Gasteiger charge is 2.02. The third-order valence-electron chi connectivity index (χ3n) is 4.57. The van der Waals surface area contributed by atoms with Gasteiger partial charge in [-0.15, -0.1) is 11.6 Å². The van der Waals surface area contributed by atoms with E-state index in [4.69, 9.17) is 25.8 Å². The van der Waals surface area contributed by atoms with Gasteiger partial charge in [0.25, 0.3) is 0 Å².